The van der Waals surface area contributed by atoms with Crippen LogP contribution >= 0.6 is 0 Å². The fourth-order valence-corrected chi connectivity index (χ4v) is 2.27. The largest absolute Gasteiger partial charge is 0.497 e. The molecule has 128 valence electrons. The van der Waals surface area contributed by atoms with Crippen LogP contribution in [-0.2, 0) is 0 Å². The van der Waals surface area contributed by atoms with E-state index < -0.39 is 6.10 Å². The van der Waals surface area contributed by atoms with Gasteiger partial charge in [-0.1, -0.05) is 0 Å². The molecule has 2 aromatic carbocycles. The normalized spacial score (nSPS) is 11.8. The van der Waals surface area contributed by atoms with Crippen molar-refractivity contribution in [3.63, 3.8) is 0 Å². The minimum absolute atomic E-state index is 0.0145. The number of Topliss-reactive ketones (excluding diaryl/α,β-unsaturated/α-hetero) is 1. The van der Waals surface area contributed by atoms with Gasteiger partial charge in [-0.05, 0) is 62.4 Å². The summed E-state index contributed by atoms with van der Waals surface area (Å²) in [5, 5.41) is 8.11. The first-order valence-corrected chi connectivity index (χ1v) is 7.82. The van der Waals surface area contributed by atoms with Crippen molar-refractivity contribution in [2.24, 2.45) is 0 Å². The zero-order valence-corrected chi connectivity index (χ0v) is 14.2. The Hall–Kier alpha value is -3.15. The molecule has 3 aromatic rings. The second kappa shape index (κ2) is 7.17. The molecule has 0 radical (unpaired) electrons. The fourth-order valence-electron chi connectivity index (χ4n) is 2.27. The van der Waals surface area contributed by atoms with Gasteiger partial charge in [0, 0.05) is 11.1 Å². The highest BCUT2D eigenvalue weighted by Crippen LogP contribution is 2.25. The maximum absolute atomic E-state index is 11.3. The van der Waals surface area contributed by atoms with Crippen molar-refractivity contribution in [3.8, 4) is 23.0 Å². The Morgan fingerprint density at radius 1 is 1.00 bits per heavy atom. The van der Waals surface area contributed by atoms with Crippen LogP contribution in [0.15, 0.2) is 52.9 Å². The standard InChI is InChI=1S/C19H18N2O4/c1-12(22)14-4-10-17(11-5-14)24-13(2)18-20-21-19(25-18)15-6-8-16(23-3)9-7-15/h4-11,13H,1-3H3/t13-/m1/s1. The number of nitrogens with zero attached hydrogens (tertiary/aromatic N) is 2. The molecule has 0 saturated heterocycles. The average Bonchev–Trinajstić information content (AvgIpc) is 3.12. The predicted octanol–water partition coefficient (Wildman–Crippen LogP) is 4.09. The van der Waals surface area contributed by atoms with Gasteiger partial charge in [0.25, 0.3) is 5.89 Å². The van der Waals surface area contributed by atoms with Gasteiger partial charge in [0.1, 0.15) is 11.5 Å². The van der Waals surface area contributed by atoms with Crippen molar-refractivity contribution in [2.45, 2.75) is 20.0 Å². The summed E-state index contributed by atoms with van der Waals surface area (Å²) in [5.74, 6) is 2.19. The molecule has 0 saturated carbocycles. The number of ether oxygens (including phenoxy) is 2. The number of methoxy groups -OCH3 is 1. The Bertz CT molecular complexity index is 854. The van der Waals surface area contributed by atoms with Crippen molar-refractivity contribution in [1.29, 1.82) is 0 Å². The van der Waals surface area contributed by atoms with Crippen molar-refractivity contribution >= 4 is 5.78 Å². The topological polar surface area (TPSA) is 74.5 Å². The number of aromatic nitrogens is 2. The lowest BCUT2D eigenvalue weighted by Gasteiger charge is -2.11. The summed E-state index contributed by atoms with van der Waals surface area (Å²) in [5.41, 5.74) is 1.44. The van der Waals surface area contributed by atoms with Crippen LogP contribution in [0.3, 0.4) is 0 Å². The third-order valence-electron chi connectivity index (χ3n) is 3.70. The summed E-state index contributed by atoms with van der Waals surface area (Å²) in [6, 6.07) is 14.3. The van der Waals surface area contributed by atoms with Crippen molar-refractivity contribution < 1.29 is 18.7 Å². The predicted molar refractivity (Wildman–Crippen MR) is 91.8 cm³/mol. The van der Waals surface area contributed by atoms with E-state index in [1.807, 2.05) is 31.2 Å². The zero-order valence-electron chi connectivity index (χ0n) is 14.2. The fraction of sp³-hybridized carbons (Fsp3) is 0.211. The van der Waals surface area contributed by atoms with Gasteiger partial charge in [0.15, 0.2) is 11.9 Å². The molecule has 0 N–H and O–H groups in total. The molecule has 0 bridgehead atoms. The molecule has 0 fully saturated rings. The van der Waals surface area contributed by atoms with Crippen LogP contribution < -0.4 is 9.47 Å². The quantitative estimate of drug-likeness (QED) is 0.630. The van der Waals surface area contributed by atoms with Gasteiger partial charge in [0.2, 0.25) is 5.89 Å². The highest BCUT2D eigenvalue weighted by atomic mass is 16.5. The molecule has 1 atom stereocenters. The summed E-state index contributed by atoms with van der Waals surface area (Å²) in [4.78, 5) is 11.3. The monoisotopic (exact) mass is 338 g/mol. The Morgan fingerprint density at radius 2 is 1.64 bits per heavy atom. The molecular weight excluding hydrogens is 320 g/mol. The first-order chi connectivity index (χ1) is 12.1. The average molecular weight is 338 g/mol. The maximum atomic E-state index is 11.3. The van der Waals surface area contributed by atoms with Crippen molar-refractivity contribution in [3.05, 3.63) is 60.0 Å². The molecule has 1 heterocycles. The lowest BCUT2D eigenvalue weighted by atomic mass is 10.1. The van der Waals surface area contributed by atoms with Crippen LogP contribution in [0.1, 0.15) is 36.2 Å². The van der Waals surface area contributed by atoms with Gasteiger partial charge in [0.05, 0.1) is 7.11 Å². The van der Waals surface area contributed by atoms with Crippen LogP contribution in [0.2, 0.25) is 0 Å². The summed E-state index contributed by atoms with van der Waals surface area (Å²) in [6.45, 7) is 3.35. The van der Waals surface area contributed by atoms with Crippen molar-refractivity contribution in [2.75, 3.05) is 7.11 Å². The molecular formula is C19H18N2O4. The van der Waals surface area contributed by atoms with Gasteiger partial charge in [-0.15, -0.1) is 10.2 Å². The third kappa shape index (κ3) is 3.85. The molecule has 0 amide bonds. The van der Waals surface area contributed by atoms with E-state index in [0.717, 1.165) is 11.3 Å². The Morgan fingerprint density at radius 3 is 2.24 bits per heavy atom. The third-order valence-corrected chi connectivity index (χ3v) is 3.70. The number of hydrogen-bond donors (Lipinski definition) is 0. The molecule has 6 nitrogen and oxygen atoms in total. The number of carbonyl (C=O) groups is 1. The second-order valence-electron chi connectivity index (χ2n) is 5.51. The first-order valence-electron chi connectivity index (χ1n) is 7.82. The van der Waals surface area contributed by atoms with E-state index in [-0.39, 0.29) is 5.78 Å². The summed E-state index contributed by atoms with van der Waals surface area (Å²) < 4.78 is 16.6. The zero-order chi connectivity index (χ0) is 17.8. The second-order valence-corrected chi connectivity index (χ2v) is 5.51. The molecule has 0 aliphatic rings. The van der Waals surface area contributed by atoms with Crippen LogP contribution in [-0.4, -0.2) is 23.1 Å². The number of rotatable bonds is 6. The molecule has 25 heavy (non-hydrogen) atoms. The van der Waals surface area contributed by atoms with Gasteiger partial charge < -0.3 is 13.9 Å². The minimum Gasteiger partial charge on any atom is -0.497 e. The summed E-state index contributed by atoms with van der Waals surface area (Å²) in [7, 11) is 1.61. The van der Waals surface area contributed by atoms with Crippen LogP contribution in [0, 0.1) is 0 Å². The van der Waals surface area contributed by atoms with E-state index in [1.165, 1.54) is 6.92 Å². The lowest BCUT2D eigenvalue weighted by Crippen LogP contribution is -2.03. The maximum Gasteiger partial charge on any atom is 0.257 e. The highest BCUT2D eigenvalue weighted by Gasteiger charge is 2.17. The smallest absolute Gasteiger partial charge is 0.257 e. The van der Waals surface area contributed by atoms with Crippen molar-refractivity contribution in [1.82, 2.24) is 10.2 Å². The van der Waals surface area contributed by atoms with E-state index in [9.17, 15) is 4.79 Å². The summed E-state index contributed by atoms with van der Waals surface area (Å²) >= 11 is 0. The lowest BCUT2D eigenvalue weighted by molar-refractivity contribution is 0.101. The van der Waals surface area contributed by atoms with Gasteiger partial charge in [-0.3, -0.25) is 4.79 Å². The van der Waals surface area contributed by atoms with E-state index in [1.54, 1.807) is 31.4 Å². The van der Waals surface area contributed by atoms with E-state index in [2.05, 4.69) is 10.2 Å². The number of carbonyl (C=O) groups excluding carboxylic acids is 1. The van der Waals surface area contributed by atoms with E-state index >= 15 is 0 Å². The molecule has 6 heteroatoms. The Labute approximate surface area is 145 Å². The van der Waals surface area contributed by atoms with Crippen LogP contribution in [0.5, 0.6) is 11.5 Å². The minimum atomic E-state index is -0.414. The van der Waals surface area contributed by atoms with Crippen LogP contribution in [0.4, 0.5) is 0 Å². The van der Waals surface area contributed by atoms with Gasteiger partial charge in [-0.25, -0.2) is 0 Å². The molecule has 3 rings (SSSR count). The molecule has 0 aliphatic heterocycles. The van der Waals surface area contributed by atoms with E-state index in [0.29, 0.717) is 23.1 Å². The number of ketones is 1. The van der Waals surface area contributed by atoms with E-state index in [4.69, 9.17) is 13.9 Å². The SMILES string of the molecule is COc1ccc(-c2nnc([C@@H](C)Oc3ccc(C(C)=O)cc3)o2)cc1. The Kier molecular flexibility index (Phi) is 4.79. The Balaban J connectivity index is 1.71. The van der Waals surface area contributed by atoms with Gasteiger partial charge in [-0.2, -0.15) is 0 Å². The molecule has 1 aromatic heterocycles. The highest BCUT2D eigenvalue weighted by molar-refractivity contribution is 5.94. The summed E-state index contributed by atoms with van der Waals surface area (Å²) in [6.07, 6.45) is -0.414. The van der Waals surface area contributed by atoms with Gasteiger partial charge >= 0.3 is 0 Å². The molecule has 0 unspecified atom stereocenters. The number of hydrogen-bond acceptors (Lipinski definition) is 6. The molecule has 0 aliphatic carbocycles. The first kappa shape index (κ1) is 16.7. The number of benzene rings is 2. The van der Waals surface area contributed by atoms with Crippen LogP contribution in [0.25, 0.3) is 11.5 Å². The molecule has 0 spiro atoms.